The fourth-order valence-corrected chi connectivity index (χ4v) is 1.45. The fourth-order valence-electron chi connectivity index (χ4n) is 1.45. The van der Waals surface area contributed by atoms with Crippen LogP contribution in [0.1, 0.15) is 18.5 Å². The molecule has 0 radical (unpaired) electrons. The van der Waals surface area contributed by atoms with Crippen molar-refractivity contribution < 1.29 is 24.5 Å². The first-order valence-electron chi connectivity index (χ1n) is 5.45. The Balaban J connectivity index is 2.89. The zero-order valence-corrected chi connectivity index (χ0v) is 9.87. The maximum absolute atomic E-state index is 11.3. The van der Waals surface area contributed by atoms with Gasteiger partial charge in [0, 0.05) is 0 Å². The molecule has 0 aromatic heterocycles. The van der Waals surface area contributed by atoms with Crippen molar-refractivity contribution in [3.8, 4) is 0 Å². The Kier molecular flexibility index (Phi) is 5.13. The van der Waals surface area contributed by atoms with Crippen molar-refractivity contribution in [2.24, 2.45) is 0 Å². The summed E-state index contributed by atoms with van der Waals surface area (Å²) in [6.07, 6.45) is -2.51. The third kappa shape index (κ3) is 3.74. The Labute approximate surface area is 104 Å². The molecular weight excluding hydrogens is 238 g/mol. The second-order valence-corrected chi connectivity index (χ2v) is 3.54. The molecule has 98 valence electrons. The van der Waals surface area contributed by atoms with Gasteiger partial charge in [0.15, 0.2) is 6.10 Å². The second kappa shape index (κ2) is 6.61. The van der Waals surface area contributed by atoms with E-state index in [0.29, 0.717) is 5.56 Å². The number of alkyl carbamates (subject to hydrolysis) is 1. The first kappa shape index (κ1) is 14.0. The van der Waals surface area contributed by atoms with Gasteiger partial charge in [-0.25, -0.2) is 9.59 Å². The van der Waals surface area contributed by atoms with Gasteiger partial charge in [-0.3, -0.25) is 0 Å². The summed E-state index contributed by atoms with van der Waals surface area (Å²) in [4.78, 5) is 22.1. The smallest absolute Gasteiger partial charge is 0.407 e. The number of carboxylic acids is 1. The van der Waals surface area contributed by atoms with Crippen LogP contribution in [0.25, 0.3) is 0 Å². The Morgan fingerprint density at radius 3 is 2.44 bits per heavy atom. The van der Waals surface area contributed by atoms with Gasteiger partial charge in [-0.2, -0.15) is 0 Å². The molecule has 1 aromatic rings. The molecule has 0 aliphatic rings. The molecule has 18 heavy (non-hydrogen) atoms. The molecule has 0 saturated heterocycles. The third-order valence-corrected chi connectivity index (χ3v) is 2.28. The molecule has 0 aliphatic heterocycles. The topological polar surface area (TPSA) is 95.9 Å². The number of benzene rings is 1. The lowest BCUT2D eigenvalue weighted by Crippen LogP contribution is -2.40. The zero-order valence-electron chi connectivity index (χ0n) is 9.87. The average Bonchev–Trinajstić information content (AvgIpc) is 2.36. The molecule has 0 bridgehead atoms. The van der Waals surface area contributed by atoms with E-state index < -0.39 is 24.2 Å². The van der Waals surface area contributed by atoms with E-state index >= 15 is 0 Å². The largest absolute Gasteiger partial charge is 0.479 e. The predicted molar refractivity (Wildman–Crippen MR) is 63.0 cm³/mol. The van der Waals surface area contributed by atoms with Crippen molar-refractivity contribution in [1.82, 2.24) is 5.32 Å². The van der Waals surface area contributed by atoms with E-state index in [1.807, 2.05) is 0 Å². The van der Waals surface area contributed by atoms with Crippen molar-refractivity contribution in [2.75, 3.05) is 6.61 Å². The van der Waals surface area contributed by atoms with Gasteiger partial charge < -0.3 is 20.3 Å². The molecule has 0 spiro atoms. The lowest BCUT2D eigenvalue weighted by atomic mass is 10.0. The average molecular weight is 253 g/mol. The molecule has 0 aliphatic carbocycles. The van der Waals surface area contributed by atoms with E-state index in [4.69, 9.17) is 5.11 Å². The summed E-state index contributed by atoms with van der Waals surface area (Å²) in [5.41, 5.74) is 0.487. The molecule has 1 amide bonds. The van der Waals surface area contributed by atoms with Gasteiger partial charge in [0.1, 0.15) is 0 Å². The molecule has 6 heteroatoms. The molecule has 3 N–H and O–H groups in total. The zero-order chi connectivity index (χ0) is 13.5. The highest BCUT2D eigenvalue weighted by Gasteiger charge is 2.29. The summed E-state index contributed by atoms with van der Waals surface area (Å²) >= 11 is 0. The number of aliphatic hydroxyl groups is 1. The quantitative estimate of drug-likeness (QED) is 0.725. The van der Waals surface area contributed by atoms with Crippen LogP contribution in [-0.4, -0.2) is 35.0 Å². The minimum atomic E-state index is -1.74. The van der Waals surface area contributed by atoms with Crippen molar-refractivity contribution in [3.05, 3.63) is 35.9 Å². The number of aliphatic carboxylic acids is 1. The van der Waals surface area contributed by atoms with E-state index in [0.717, 1.165) is 0 Å². The van der Waals surface area contributed by atoms with Crippen LogP contribution in [0.3, 0.4) is 0 Å². The summed E-state index contributed by atoms with van der Waals surface area (Å²) in [7, 11) is 0. The number of rotatable bonds is 5. The van der Waals surface area contributed by atoms with Gasteiger partial charge in [0.2, 0.25) is 0 Å². The summed E-state index contributed by atoms with van der Waals surface area (Å²) in [5, 5.41) is 20.7. The Morgan fingerprint density at radius 2 is 1.94 bits per heavy atom. The number of aliphatic hydroxyl groups excluding tert-OH is 1. The molecule has 2 atom stereocenters. The number of carbonyl (C=O) groups excluding carboxylic acids is 1. The highest BCUT2D eigenvalue weighted by Crippen LogP contribution is 2.17. The van der Waals surface area contributed by atoms with Crippen LogP contribution in [0.15, 0.2) is 30.3 Å². The predicted octanol–water partition coefficient (Wildman–Crippen LogP) is 0.919. The van der Waals surface area contributed by atoms with Crippen molar-refractivity contribution in [2.45, 2.75) is 19.1 Å². The van der Waals surface area contributed by atoms with E-state index in [1.165, 1.54) is 0 Å². The Hall–Kier alpha value is -2.08. The van der Waals surface area contributed by atoms with E-state index in [2.05, 4.69) is 10.1 Å². The Bertz CT molecular complexity index is 406. The molecule has 0 fully saturated rings. The van der Waals surface area contributed by atoms with E-state index in [-0.39, 0.29) is 6.61 Å². The van der Waals surface area contributed by atoms with Crippen LogP contribution < -0.4 is 5.32 Å². The number of carbonyl (C=O) groups is 2. The minimum Gasteiger partial charge on any atom is -0.479 e. The number of nitrogens with one attached hydrogen (secondary N) is 1. The van der Waals surface area contributed by atoms with Gasteiger partial charge in [0.05, 0.1) is 12.6 Å². The maximum atomic E-state index is 11.3. The maximum Gasteiger partial charge on any atom is 0.407 e. The van der Waals surface area contributed by atoms with Gasteiger partial charge >= 0.3 is 12.1 Å². The third-order valence-electron chi connectivity index (χ3n) is 2.28. The first-order valence-corrected chi connectivity index (χ1v) is 5.45. The number of hydrogen-bond donors (Lipinski definition) is 3. The lowest BCUT2D eigenvalue weighted by Gasteiger charge is -2.21. The summed E-state index contributed by atoms with van der Waals surface area (Å²) in [5.74, 6) is -1.42. The van der Waals surface area contributed by atoms with Crippen LogP contribution in [0.4, 0.5) is 4.79 Å². The molecule has 6 nitrogen and oxygen atoms in total. The van der Waals surface area contributed by atoms with Crippen molar-refractivity contribution >= 4 is 12.1 Å². The normalized spacial score (nSPS) is 13.4. The molecule has 0 heterocycles. The number of amides is 1. The summed E-state index contributed by atoms with van der Waals surface area (Å²) < 4.78 is 4.67. The van der Waals surface area contributed by atoms with Crippen LogP contribution in [0, 0.1) is 0 Å². The lowest BCUT2D eigenvalue weighted by molar-refractivity contribution is -0.148. The minimum absolute atomic E-state index is 0.163. The van der Waals surface area contributed by atoms with Gasteiger partial charge in [-0.15, -0.1) is 0 Å². The standard InChI is InChI=1S/C12H15NO5/c1-2-18-12(17)13-9(10(14)11(15)16)8-6-4-3-5-7-8/h3-7,9-10,14H,2H2,1H3,(H,13,17)(H,15,16)/t9-,10+/m1/s1. The molecular formula is C12H15NO5. The van der Waals surface area contributed by atoms with Gasteiger partial charge in [0.25, 0.3) is 0 Å². The number of ether oxygens (including phenoxy) is 1. The highest BCUT2D eigenvalue weighted by molar-refractivity contribution is 5.75. The SMILES string of the molecule is CCOC(=O)N[C@H](c1ccccc1)[C@H](O)C(=O)O. The fraction of sp³-hybridized carbons (Fsp3) is 0.333. The number of hydrogen-bond acceptors (Lipinski definition) is 4. The Morgan fingerprint density at radius 1 is 1.33 bits per heavy atom. The van der Waals surface area contributed by atoms with Gasteiger partial charge in [-0.05, 0) is 12.5 Å². The molecule has 0 saturated carbocycles. The van der Waals surface area contributed by atoms with Crippen LogP contribution in [0.2, 0.25) is 0 Å². The van der Waals surface area contributed by atoms with E-state index in [1.54, 1.807) is 37.3 Å². The summed E-state index contributed by atoms with van der Waals surface area (Å²) in [6.45, 7) is 1.79. The molecule has 1 rings (SSSR count). The monoisotopic (exact) mass is 253 g/mol. The second-order valence-electron chi connectivity index (χ2n) is 3.54. The summed E-state index contributed by atoms with van der Waals surface area (Å²) in [6, 6.07) is 7.29. The van der Waals surface area contributed by atoms with Crippen LogP contribution >= 0.6 is 0 Å². The van der Waals surface area contributed by atoms with Crippen molar-refractivity contribution in [3.63, 3.8) is 0 Å². The van der Waals surface area contributed by atoms with Crippen LogP contribution in [0.5, 0.6) is 0 Å². The molecule has 0 unspecified atom stereocenters. The number of carboxylic acid groups (broad SMARTS) is 1. The first-order chi connectivity index (χ1) is 8.56. The highest BCUT2D eigenvalue weighted by atomic mass is 16.5. The van der Waals surface area contributed by atoms with Gasteiger partial charge in [-0.1, -0.05) is 30.3 Å². The van der Waals surface area contributed by atoms with Crippen LogP contribution in [-0.2, 0) is 9.53 Å². The molecule has 1 aromatic carbocycles. The van der Waals surface area contributed by atoms with Crippen molar-refractivity contribution in [1.29, 1.82) is 0 Å². The van der Waals surface area contributed by atoms with E-state index in [9.17, 15) is 14.7 Å².